The number of benzene rings is 1. The molecule has 3 nitrogen and oxygen atoms in total. The lowest BCUT2D eigenvalue weighted by molar-refractivity contribution is -0.118. The molecule has 0 bridgehead atoms. The fourth-order valence-electron chi connectivity index (χ4n) is 2.39. The number of ether oxygens (including phenoxy) is 2. The molecule has 0 aromatic heterocycles. The van der Waals surface area contributed by atoms with Gasteiger partial charge in [-0.15, -0.1) is 0 Å². The van der Waals surface area contributed by atoms with E-state index < -0.39 is 11.6 Å². The molecular weight excluding hydrogens is 252 g/mol. The van der Waals surface area contributed by atoms with Crippen LogP contribution in [0.15, 0.2) is 12.1 Å². The molecule has 3 unspecified atom stereocenters. The average Bonchev–Trinajstić information content (AvgIpc) is 2.37. The molecule has 0 heterocycles. The Labute approximate surface area is 111 Å². The summed E-state index contributed by atoms with van der Waals surface area (Å²) in [5.74, 6) is -1.13. The molecule has 0 aliphatic heterocycles. The maximum absolute atomic E-state index is 13.9. The highest BCUT2D eigenvalue weighted by atomic mass is 19.1. The minimum Gasteiger partial charge on any atom is -0.377 e. The summed E-state index contributed by atoms with van der Waals surface area (Å²) in [7, 11) is 1.58. The number of aryl methyl sites for hydroxylation is 1. The lowest BCUT2D eigenvalue weighted by Crippen LogP contribution is -2.57. The summed E-state index contributed by atoms with van der Waals surface area (Å²) in [5, 5.41) is 2.89. The SMILES string of the molecule is CCOC1CC(Nc2c(F)ccc(C)c2F)C1OC. The van der Waals surface area contributed by atoms with Gasteiger partial charge in [-0.05, 0) is 31.9 Å². The first-order valence-electron chi connectivity index (χ1n) is 6.44. The molecule has 0 radical (unpaired) electrons. The minimum absolute atomic E-state index is 0.0107. The molecule has 2 rings (SSSR count). The van der Waals surface area contributed by atoms with Crippen LogP contribution < -0.4 is 5.32 Å². The molecule has 106 valence electrons. The lowest BCUT2D eigenvalue weighted by Gasteiger charge is -2.43. The zero-order valence-electron chi connectivity index (χ0n) is 11.4. The van der Waals surface area contributed by atoms with Gasteiger partial charge in [0.15, 0.2) is 5.82 Å². The third-order valence-corrected chi connectivity index (χ3v) is 3.52. The highest BCUT2D eigenvalue weighted by molar-refractivity contribution is 5.50. The van der Waals surface area contributed by atoms with Crippen molar-refractivity contribution in [2.24, 2.45) is 0 Å². The van der Waals surface area contributed by atoms with E-state index in [1.165, 1.54) is 12.1 Å². The summed E-state index contributed by atoms with van der Waals surface area (Å²) in [4.78, 5) is 0. The Kier molecular flexibility index (Phi) is 4.37. The Hall–Kier alpha value is -1.20. The van der Waals surface area contributed by atoms with Crippen molar-refractivity contribution in [1.29, 1.82) is 0 Å². The van der Waals surface area contributed by atoms with E-state index in [1.807, 2.05) is 6.92 Å². The zero-order valence-corrected chi connectivity index (χ0v) is 11.4. The number of nitrogens with one attached hydrogen (secondary N) is 1. The Balaban J connectivity index is 2.09. The molecule has 1 aromatic carbocycles. The first-order valence-corrected chi connectivity index (χ1v) is 6.44. The smallest absolute Gasteiger partial charge is 0.152 e. The van der Waals surface area contributed by atoms with Crippen molar-refractivity contribution in [3.8, 4) is 0 Å². The van der Waals surface area contributed by atoms with Crippen molar-refractivity contribution in [2.45, 2.75) is 38.5 Å². The minimum atomic E-state index is -0.585. The van der Waals surface area contributed by atoms with Gasteiger partial charge < -0.3 is 14.8 Å². The van der Waals surface area contributed by atoms with Gasteiger partial charge in [0.05, 0.1) is 12.1 Å². The molecule has 1 aliphatic rings. The Morgan fingerprint density at radius 1 is 1.37 bits per heavy atom. The van der Waals surface area contributed by atoms with Crippen LogP contribution in [-0.2, 0) is 9.47 Å². The summed E-state index contributed by atoms with van der Waals surface area (Å²) in [5.41, 5.74) is 0.334. The van der Waals surface area contributed by atoms with Crippen LogP contribution in [0.2, 0.25) is 0 Å². The fraction of sp³-hybridized carbons (Fsp3) is 0.571. The van der Waals surface area contributed by atoms with Gasteiger partial charge in [-0.3, -0.25) is 0 Å². The van der Waals surface area contributed by atoms with Gasteiger partial charge in [0.2, 0.25) is 0 Å². The van der Waals surface area contributed by atoms with E-state index in [0.717, 1.165) is 0 Å². The van der Waals surface area contributed by atoms with Crippen molar-refractivity contribution in [3.05, 3.63) is 29.3 Å². The van der Waals surface area contributed by atoms with Crippen LogP contribution in [0.3, 0.4) is 0 Å². The van der Waals surface area contributed by atoms with Gasteiger partial charge in [0.25, 0.3) is 0 Å². The number of halogens is 2. The number of anilines is 1. The predicted octanol–water partition coefficient (Wildman–Crippen LogP) is 2.88. The second-order valence-corrected chi connectivity index (χ2v) is 4.73. The second-order valence-electron chi connectivity index (χ2n) is 4.73. The predicted molar refractivity (Wildman–Crippen MR) is 69.3 cm³/mol. The molecule has 1 aromatic rings. The van der Waals surface area contributed by atoms with Crippen LogP contribution in [0.1, 0.15) is 18.9 Å². The molecule has 0 amide bonds. The van der Waals surface area contributed by atoms with Crippen LogP contribution in [0.25, 0.3) is 0 Å². The Bertz CT molecular complexity index is 453. The molecule has 3 atom stereocenters. The third kappa shape index (κ3) is 2.72. The molecular formula is C14H19F2NO2. The Morgan fingerprint density at radius 2 is 2.11 bits per heavy atom. The maximum Gasteiger partial charge on any atom is 0.152 e. The summed E-state index contributed by atoms with van der Waals surface area (Å²) in [6, 6.07) is 2.56. The summed E-state index contributed by atoms with van der Waals surface area (Å²) >= 11 is 0. The van der Waals surface area contributed by atoms with Crippen molar-refractivity contribution in [3.63, 3.8) is 0 Å². The van der Waals surface area contributed by atoms with Crippen molar-refractivity contribution >= 4 is 5.69 Å². The standard InChI is InChI=1S/C14H19F2NO2/c1-4-19-11-7-10(14(11)18-3)17-13-9(15)6-5-8(2)12(13)16/h5-6,10-11,14,17H,4,7H2,1-3H3. The molecule has 1 fully saturated rings. The molecule has 1 aliphatic carbocycles. The monoisotopic (exact) mass is 271 g/mol. The van der Waals surface area contributed by atoms with Crippen molar-refractivity contribution in [1.82, 2.24) is 0 Å². The largest absolute Gasteiger partial charge is 0.377 e. The van der Waals surface area contributed by atoms with Crippen molar-refractivity contribution < 1.29 is 18.3 Å². The summed E-state index contributed by atoms with van der Waals surface area (Å²) in [6.07, 6.45) is 0.488. The van der Waals surface area contributed by atoms with E-state index in [0.29, 0.717) is 18.6 Å². The first-order chi connectivity index (χ1) is 9.08. The Morgan fingerprint density at radius 3 is 2.74 bits per heavy atom. The molecule has 0 saturated heterocycles. The molecule has 1 saturated carbocycles. The summed E-state index contributed by atoms with van der Waals surface area (Å²) < 4.78 is 38.3. The van der Waals surface area contributed by atoms with Crippen LogP contribution >= 0.6 is 0 Å². The van der Waals surface area contributed by atoms with Gasteiger partial charge >= 0.3 is 0 Å². The van der Waals surface area contributed by atoms with E-state index >= 15 is 0 Å². The fourth-order valence-corrected chi connectivity index (χ4v) is 2.39. The van der Waals surface area contributed by atoms with Crippen molar-refractivity contribution in [2.75, 3.05) is 19.0 Å². The number of hydrogen-bond donors (Lipinski definition) is 1. The van der Waals surface area contributed by atoms with Crippen LogP contribution in [0, 0.1) is 18.6 Å². The molecule has 0 spiro atoms. The van der Waals surface area contributed by atoms with E-state index in [1.54, 1.807) is 14.0 Å². The highest BCUT2D eigenvalue weighted by Gasteiger charge is 2.42. The number of hydrogen-bond acceptors (Lipinski definition) is 3. The highest BCUT2D eigenvalue weighted by Crippen LogP contribution is 2.32. The van der Waals surface area contributed by atoms with Gasteiger partial charge in [0.1, 0.15) is 17.6 Å². The van der Waals surface area contributed by atoms with Gasteiger partial charge in [0, 0.05) is 13.7 Å². The topological polar surface area (TPSA) is 30.5 Å². The number of methoxy groups -OCH3 is 1. The van der Waals surface area contributed by atoms with Gasteiger partial charge in [-0.2, -0.15) is 0 Å². The van der Waals surface area contributed by atoms with Gasteiger partial charge in [-0.1, -0.05) is 6.07 Å². The quantitative estimate of drug-likeness (QED) is 0.893. The average molecular weight is 271 g/mol. The lowest BCUT2D eigenvalue weighted by atomic mass is 9.85. The zero-order chi connectivity index (χ0) is 14.0. The van der Waals surface area contributed by atoms with E-state index in [9.17, 15) is 8.78 Å². The van der Waals surface area contributed by atoms with Gasteiger partial charge in [-0.25, -0.2) is 8.78 Å². The van der Waals surface area contributed by atoms with Crippen LogP contribution in [0.4, 0.5) is 14.5 Å². The van der Waals surface area contributed by atoms with E-state index in [2.05, 4.69) is 5.32 Å². The second kappa shape index (κ2) is 5.84. The maximum atomic E-state index is 13.9. The summed E-state index contributed by atoms with van der Waals surface area (Å²) in [6.45, 7) is 4.12. The third-order valence-electron chi connectivity index (χ3n) is 3.52. The first kappa shape index (κ1) is 14.2. The van der Waals surface area contributed by atoms with E-state index in [-0.39, 0.29) is 23.9 Å². The number of rotatable bonds is 5. The van der Waals surface area contributed by atoms with E-state index in [4.69, 9.17) is 9.47 Å². The van der Waals surface area contributed by atoms with Crippen LogP contribution in [0.5, 0.6) is 0 Å². The molecule has 19 heavy (non-hydrogen) atoms. The molecule has 1 N–H and O–H groups in total. The molecule has 5 heteroatoms. The normalized spacial score (nSPS) is 26.1. The van der Waals surface area contributed by atoms with Crippen LogP contribution in [-0.4, -0.2) is 32.0 Å².